The van der Waals surface area contributed by atoms with Crippen LogP contribution < -0.4 is 92.1 Å². The van der Waals surface area contributed by atoms with Gasteiger partial charge >= 0.3 is 0 Å². The number of carbonyl (C=O) groups is 12. The number of H-pyrrole nitrogens is 2. The summed E-state index contributed by atoms with van der Waals surface area (Å²) in [5.74, 6) is -12.8. The summed E-state index contributed by atoms with van der Waals surface area (Å²) < 4.78 is -1.53. The number of para-hydroxylation sites is 1. The fourth-order valence-electron chi connectivity index (χ4n) is 11.8. The molecular weight excluding hydrogens is 1460 g/mol. The van der Waals surface area contributed by atoms with E-state index in [1.165, 1.54) is 24.7 Å². The smallest absolute Gasteiger partial charge is 0.244 e. The number of rotatable bonds is 30. The lowest BCUT2D eigenvalue weighted by Gasteiger charge is -2.35. The Labute approximate surface area is 642 Å². The van der Waals surface area contributed by atoms with Crippen LogP contribution in [0.4, 0.5) is 0 Å². The Morgan fingerprint density at radius 3 is 1.85 bits per heavy atom. The molecule has 2 aromatic heterocycles. The number of imidazole rings is 1. The summed E-state index contributed by atoms with van der Waals surface area (Å²) in [4.78, 5) is 185. The number of primary amides is 1. The van der Waals surface area contributed by atoms with Crippen molar-refractivity contribution >= 4 is 115 Å². The molecule has 1 aliphatic rings. The van der Waals surface area contributed by atoms with Crippen molar-refractivity contribution in [1.29, 1.82) is 10.8 Å². The fraction of sp³-hybridized carbons (Fsp3) is 0.411. The van der Waals surface area contributed by atoms with E-state index in [9.17, 15) is 38.7 Å². The molecule has 10 atom stereocenters. The predicted molar refractivity (Wildman–Crippen MR) is 414 cm³/mol. The molecule has 0 bridgehead atoms. The summed E-state index contributed by atoms with van der Waals surface area (Å²) in [6, 6.07) is 15.2. The van der Waals surface area contributed by atoms with Gasteiger partial charge in [-0.3, -0.25) is 68.4 Å². The number of hydrogen-bond donors (Lipinski definition) is 22. The molecule has 37 heteroatoms. The Morgan fingerprint density at radius 1 is 0.618 bits per heavy atom. The van der Waals surface area contributed by atoms with Gasteiger partial charge in [-0.05, 0) is 92.3 Å². The van der Waals surface area contributed by atoms with Crippen molar-refractivity contribution < 1.29 is 62.6 Å². The van der Waals surface area contributed by atoms with Crippen LogP contribution in [0.1, 0.15) is 81.3 Å². The van der Waals surface area contributed by atoms with Crippen LogP contribution in [0.15, 0.2) is 128 Å². The van der Waals surface area contributed by atoms with E-state index < -0.39 is 173 Å². The number of aromatic nitrogens is 3. The van der Waals surface area contributed by atoms with E-state index in [0.717, 1.165) is 21.6 Å². The number of benzene rings is 4. The quantitative estimate of drug-likeness (QED) is 0.00992. The number of fused-ring (bicyclic) bond motifs is 1. The maximum absolute atomic E-state index is 15.7. The maximum atomic E-state index is 15.7. The van der Waals surface area contributed by atoms with Crippen LogP contribution in [0.5, 0.6) is 5.75 Å². The molecule has 1 fully saturated rings. The lowest BCUT2D eigenvalue weighted by molar-refractivity contribution is -0.135. The molecule has 0 saturated carbocycles. The van der Waals surface area contributed by atoms with Gasteiger partial charge in [0.1, 0.15) is 60.1 Å². The summed E-state index contributed by atoms with van der Waals surface area (Å²) in [6.07, 6.45) is 3.39. The number of nitrogens with zero attached hydrogens (tertiary/aromatic N) is 1. The molecule has 1 aliphatic heterocycles. The summed E-state index contributed by atoms with van der Waals surface area (Å²) in [6.45, 7) is 4.99. The number of phenolic OH excluding ortho intramolecular Hbond substituents is 1. The number of aromatic amines is 2. The van der Waals surface area contributed by atoms with Crippen molar-refractivity contribution in [1.82, 2.24) is 84.1 Å². The van der Waals surface area contributed by atoms with Crippen LogP contribution >= 0.6 is 21.6 Å². The van der Waals surface area contributed by atoms with Crippen molar-refractivity contribution in [2.24, 2.45) is 28.9 Å². The molecule has 6 aromatic rings. The van der Waals surface area contributed by atoms with Gasteiger partial charge in [0.2, 0.25) is 70.9 Å². The minimum absolute atomic E-state index is 0.00187. The Balaban J connectivity index is 1.34. The topological polar surface area (TPSA) is 578 Å². The van der Waals surface area contributed by atoms with Crippen molar-refractivity contribution in [2.75, 3.05) is 31.9 Å². The van der Waals surface area contributed by atoms with Crippen LogP contribution in [0.25, 0.3) is 10.9 Å². The van der Waals surface area contributed by atoms with Crippen molar-refractivity contribution in [3.63, 3.8) is 0 Å². The highest BCUT2D eigenvalue weighted by atomic mass is 33.1. The molecule has 590 valence electrons. The van der Waals surface area contributed by atoms with E-state index in [2.05, 4.69) is 84.1 Å². The molecule has 12 amide bonds. The van der Waals surface area contributed by atoms with Crippen LogP contribution in [0.2, 0.25) is 0 Å². The molecule has 0 aliphatic carbocycles. The first-order chi connectivity index (χ1) is 52.4. The number of carbonyl (C=O) groups excluding carboxylic acids is 12. The van der Waals surface area contributed by atoms with Gasteiger partial charge in [-0.1, -0.05) is 126 Å². The van der Waals surface area contributed by atoms with Gasteiger partial charge in [0.25, 0.3) is 0 Å². The minimum atomic E-state index is -1.72. The van der Waals surface area contributed by atoms with E-state index in [-0.39, 0.29) is 76.6 Å². The molecule has 0 unspecified atom stereocenters. The fourth-order valence-corrected chi connectivity index (χ4v) is 14.6. The van der Waals surface area contributed by atoms with E-state index in [4.69, 9.17) is 33.8 Å². The van der Waals surface area contributed by atoms with Gasteiger partial charge in [0.15, 0.2) is 11.9 Å². The highest BCUT2D eigenvalue weighted by Crippen LogP contribution is 2.39. The van der Waals surface area contributed by atoms with Crippen molar-refractivity contribution in [3.05, 3.63) is 156 Å². The molecule has 26 N–H and O–H groups in total. The number of nitrogens with two attached hydrogens (primary N) is 4. The van der Waals surface area contributed by atoms with Gasteiger partial charge in [-0.2, -0.15) is 0 Å². The minimum Gasteiger partial charge on any atom is -0.508 e. The van der Waals surface area contributed by atoms with Gasteiger partial charge < -0.3 is 107 Å². The molecule has 110 heavy (non-hydrogen) atoms. The summed E-state index contributed by atoms with van der Waals surface area (Å²) >= 11 is 0. The Morgan fingerprint density at radius 2 is 1.21 bits per heavy atom. The molecular formula is C73H98N22O13S2. The third kappa shape index (κ3) is 27.5. The molecule has 4 aromatic carbocycles. The lowest BCUT2D eigenvalue weighted by Crippen LogP contribution is -2.62. The van der Waals surface area contributed by atoms with Gasteiger partial charge in [0, 0.05) is 72.6 Å². The maximum Gasteiger partial charge on any atom is 0.244 e. The Hall–Kier alpha value is -11.7. The highest BCUT2D eigenvalue weighted by molar-refractivity contribution is 8.77. The average molecular weight is 1560 g/mol. The van der Waals surface area contributed by atoms with E-state index in [1.54, 1.807) is 131 Å². The van der Waals surface area contributed by atoms with Crippen molar-refractivity contribution in [2.45, 2.75) is 151 Å². The second-order valence-corrected chi connectivity index (χ2v) is 30.2. The third-order valence-corrected chi connectivity index (χ3v) is 20.9. The molecule has 3 heterocycles. The molecule has 35 nitrogen and oxygen atoms in total. The number of guanidine groups is 2. The molecule has 1 saturated heterocycles. The molecule has 0 radical (unpaired) electrons. The first-order valence-electron chi connectivity index (χ1n) is 35.6. The lowest BCUT2D eigenvalue weighted by atomic mass is 9.98. The predicted octanol–water partition coefficient (Wildman–Crippen LogP) is -2.13. The first-order valence-corrected chi connectivity index (χ1v) is 37.9. The van der Waals surface area contributed by atoms with Crippen LogP contribution in [-0.4, -0.2) is 200 Å². The standard InChI is InChI=1S/C73H98N22O13S2/c1-40(2)59(94-61(99)48(74)29-43-23-25-46(96)26-24-43)69(107)95-60-70(108)85-37-58(98)87-55(33-45-35-80-39-86-45)67(105)91-53(31-42-17-9-6-10-18-42)65(103)88-50(21-13-27-81-71(76)77)64(102)92-54(32-44-34-83-49-20-12-11-19-47(44)49)66(104)93-56(38-109-110-73(60,3)4)68(106)89-51(22-14-28-82-72(78)79)63(101)90-52(62(100)84-36-57(75)97)30-41-15-7-5-8-16-41/h5-12,15-20,23-26,34-35,39-40,48,50-56,59-60,83,96H,13-14,21-22,27-33,36-38,74H2,1-4H3,(H2,75,97)(H,80,86)(H,84,100)(H,85,108)(H,87,98)(H,88,103)(H,89,106)(H,90,101)(H,91,105)(H,92,102)(H,93,104)(H,94,99)(H,95,107)(H4,76,77,81)(H4,78,79,82)/t48-,50-,51-,52-,53-,54-,55-,56-,59-,60+/m0/s1. The number of aromatic hydroxyl groups is 1. The molecule has 7 rings (SSSR count). The highest BCUT2D eigenvalue weighted by Gasteiger charge is 2.42. The van der Waals surface area contributed by atoms with Gasteiger partial charge in [0.05, 0.1) is 31.2 Å². The van der Waals surface area contributed by atoms with Gasteiger partial charge in [-0.25, -0.2) is 4.98 Å². The van der Waals surface area contributed by atoms with E-state index in [0.29, 0.717) is 38.9 Å². The number of nitrogens with one attached hydrogen (secondary N) is 17. The monoisotopic (exact) mass is 1550 g/mol. The summed E-state index contributed by atoms with van der Waals surface area (Å²) in [5, 5.41) is 61.1. The average Bonchev–Trinajstić information content (AvgIpc) is 1.51. The molecule has 0 spiro atoms. The largest absolute Gasteiger partial charge is 0.508 e. The summed E-state index contributed by atoms with van der Waals surface area (Å²) in [7, 11) is 1.82. The first kappa shape index (κ1) is 85.5. The number of amides is 12. The van der Waals surface area contributed by atoms with Crippen molar-refractivity contribution in [3.8, 4) is 5.75 Å². The Bertz CT molecular complexity index is 4170. The van der Waals surface area contributed by atoms with E-state index in [1.807, 2.05) is 0 Å². The zero-order valence-electron chi connectivity index (χ0n) is 61.3. The van der Waals surface area contributed by atoms with Gasteiger partial charge in [-0.15, -0.1) is 0 Å². The van der Waals surface area contributed by atoms with Crippen LogP contribution in [-0.2, 0) is 89.6 Å². The zero-order chi connectivity index (χ0) is 80.0. The second-order valence-electron chi connectivity index (χ2n) is 27.2. The number of phenols is 1. The third-order valence-electron chi connectivity index (χ3n) is 17.6. The zero-order valence-corrected chi connectivity index (χ0v) is 62.9. The summed E-state index contributed by atoms with van der Waals surface area (Å²) in [5.41, 5.74) is 26.2. The normalized spacial score (nSPS) is 19.3. The van der Waals surface area contributed by atoms with E-state index >= 15 is 24.0 Å². The number of hydrogen-bond acceptors (Lipinski definition) is 19. The van der Waals surface area contributed by atoms with Crippen LogP contribution in [0, 0.1) is 16.7 Å². The van der Waals surface area contributed by atoms with Crippen LogP contribution in [0.3, 0.4) is 0 Å². The SMILES string of the molecule is CC(C)[C@H](NC(=O)[C@@H](N)Cc1ccc(O)cc1)C(=O)N[C@@H]1C(=O)NCC(=O)N[C@@H](Cc2c[nH]cn2)C(=O)N[C@@H](Cc2ccccc2)C(=O)N[C@@H](CCCNC(=N)N)C(=O)N[C@@H](Cc2c[nH]c3ccccc23)C(=O)N[C@H](C(=O)N[C@@H](CCCNC(=N)N)C(=O)N[C@@H](Cc2ccccc2)C(=O)NCC(N)=O)CSSC1(C)C. The second kappa shape index (κ2) is 42.1. The Kier molecular flexibility index (Phi) is 32.8.